The van der Waals surface area contributed by atoms with Gasteiger partial charge in [0.1, 0.15) is 5.41 Å². The Morgan fingerprint density at radius 2 is 1.21 bits per heavy atom. The first-order valence-corrected chi connectivity index (χ1v) is 9.61. The molecule has 8 heteroatoms. The highest BCUT2D eigenvalue weighted by molar-refractivity contribution is 7.87. The minimum Gasteiger partial charge on any atom is -0.481 e. The van der Waals surface area contributed by atoms with Gasteiger partial charge in [0.05, 0.1) is 0 Å². The van der Waals surface area contributed by atoms with Gasteiger partial charge in [-0.3, -0.25) is 14.1 Å². The summed E-state index contributed by atoms with van der Waals surface area (Å²) >= 11 is 0. The Balaban J connectivity index is 6.59. The lowest BCUT2D eigenvalue weighted by atomic mass is 9.61. The van der Waals surface area contributed by atoms with Crippen LogP contribution in [0.3, 0.4) is 0 Å². The van der Waals surface area contributed by atoms with Crippen LogP contribution in [-0.2, 0) is 19.7 Å². The predicted octanol–water partition coefficient (Wildman–Crippen LogP) is 2.76. The Kier molecular flexibility index (Phi) is 7.89. The number of rotatable bonds is 10. The summed E-state index contributed by atoms with van der Waals surface area (Å²) in [5.41, 5.74) is -2.12. The third kappa shape index (κ3) is 4.92. The van der Waals surface area contributed by atoms with Crippen molar-refractivity contribution in [2.24, 2.45) is 29.1 Å². The molecule has 0 saturated carbocycles. The van der Waals surface area contributed by atoms with Gasteiger partial charge < -0.3 is 10.2 Å². The summed E-state index contributed by atoms with van der Waals surface area (Å²) in [5, 5.41) is 17.0. The molecule has 0 aliphatic carbocycles. The number of aliphatic carboxylic acids is 2. The van der Waals surface area contributed by atoms with E-state index in [1.807, 2.05) is 27.7 Å². The summed E-state index contributed by atoms with van der Waals surface area (Å²) in [7, 11) is -5.11. The summed E-state index contributed by atoms with van der Waals surface area (Å²) in [6.07, 6.45) is 0.655. The lowest BCUT2D eigenvalue weighted by Crippen LogP contribution is -2.58. The van der Waals surface area contributed by atoms with E-state index < -0.39 is 44.6 Å². The fourth-order valence-corrected chi connectivity index (χ4v) is 5.23. The van der Waals surface area contributed by atoms with Crippen molar-refractivity contribution in [1.82, 2.24) is 0 Å². The molecule has 142 valence electrons. The zero-order valence-corrected chi connectivity index (χ0v) is 16.0. The quantitative estimate of drug-likeness (QED) is 0.507. The summed E-state index contributed by atoms with van der Waals surface area (Å²) in [4.78, 5) is 23.9. The standard InChI is InChI=1S/C16H30O7S/c1-9(2)7-11(5)16(15(19)20,12(6)8-10(3)4)13(14(17)18)24(21,22)23/h9-13H,7-8H2,1-6H3,(H,17,18)(H,19,20)(H,21,22,23). The molecule has 24 heavy (non-hydrogen) atoms. The van der Waals surface area contributed by atoms with E-state index in [0.29, 0.717) is 12.8 Å². The normalized spacial score (nSPS) is 18.9. The Morgan fingerprint density at radius 1 is 0.875 bits per heavy atom. The monoisotopic (exact) mass is 366 g/mol. The van der Waals surface area contributed by atoms with Gasteiger partial charge in [0.15, 0.2) is 5.25 Å². The maximum Gasteiger partial charge on any atom is 0.325 e. The largest absolute Gasteiger partial charge is 0.481 e. The molecule has 7 nitrogen and oxygen atoms in total. The van der Waals surface area contributed by atoms with Gasteiger partial charge in [-0.25, -0.2) is 0 Å². The van der Waals surface area contributed by atoms with Crippen LogP contribution in [0.2, 0.25) is 0 Å². The highest BCUT2D eigenvalue weighted by Crippen LogP contribution is 2.47. The predicted molar refractivity (Wildman–Crippen MR) is 90.3 cm³/mol. The summed E-state index contributed by atoms with van der Waals surface area (Å²) in [5.74, 6) is -4.78. The highest BCUT2D eigenvalue weighted by Gasteiger charge is 2.61. The van der Waals surface area contributed by atoms with Gasteiger partial charge in [0.2, 0.25) is 0 Å². The van der Waals surface area contributed by atoms with Gasteiger partial charge >= 0.3 is 11.9 Å². The van der Waals surface area contributed by atoms with Gasteiger partial charge in [-0.2, -0.15) is 8.42 Å². The molecule has 0 bridgehead atoms. The lowest BCUT2D eigenvalue weighted by molar-refractivity contribution is -0.164. The van der Waals surface area contributed by atoms with Crippen molar-refractivity contribution < 1.29 is 32.8 Å². The Bertz CT molecular complexity index is 535. The van der Waals surface area contributed by atoms with Crippen molar-refractivity contribution in [3.05, 3.63) is 0 Å². The third-order valence-electron chi connectivity index (χ3n) is 4.61. The molecule has 3 N–H and O–H groups in total. The van der Waals surface area contributed by atoms with Crippen molar-refractivity contribution in [2.45, 2.75) is 59.6 Å². The molecule has 0 aliphatic heterocycles. The van der Waals surface area contributed by atoms with E-state index in [9.17, 15) is 32.8 Å². The van der Waals surface area contributed by atoms with E-state index >= 15 is 0 Å². The molecule has 0 fully saturated rings. The van der Waals surface area contributed by atoms with Crippen molar-refractivity contribution >= 4 is 22.1 Å². The van der Waals surface area contributed by atoms with Crippen LogP contribution in [0.15, 0.2) is 0 Å². The maximum atomic E-state index is 12.2. The fourth-order valence-electron chi connectivity index (χ4n) is 3.92. The van der Waals surface area contributed by atoms with Crippen LogP contribution in [0.5, 0.6) is 0 Å². The molecular weight excluding hydrogens is 336 g/mol. The molecule has 0 aromatic heterocycles. The van der Waals surface area contributed by atoms with Crippen molar-refractivity contribution in [3.8, 4) is 0 Å². The second-order valence-corrected chi connectivity index (χ2v) is 9.03. The first kappa shape index (κ1) is 22.9. The van der Waals surface area contributed by atoms with Crippen molar-refractivity contribution in [2.75, 3.05) is 0 Å². The van der Waals surface area contributed by atoms with Gasteiger partial charge in [-0.15, -0.1) is 0 Å². The molecular formula is C16H30O7S. The fraction of sp³-hybridized carbons (Fsp3) is 0.875. The van der Waals surface area contributed by atoms with E-state index in [-0.39, 0.29) is 11.8 Å². The van der Waals surface area contributed by atoms with Crippen molar-refractivity contribution in [1.29, 1.82) is 0 Å². The first-order chi connectivity index (χ1) is 10.7. The first-order valence-electron chi connectivity index (χ1n) is 8.11. The Hall–Kier alpha value is -1.15. The zero-order valence-electron chi connectivity index (χ0n) is 15.2. The smallest absolute Gasteiger partial charge is 0.325 e. The number of hydrogen-bond acceptors (Lipinski definition) is 4. The zero-order chi connectivity index (χ0) is 19.5. The van der Waals surface area contributed by atoms with Gasteiger partial charge in [-0.05, 0) is 36.5 Å². The van der Waals surface area contributed by atoms with Crippen LogP contribution < -0.4 is 0 Å². The molecule has 0 aromatic rings. The molecule has 0 saturated heterocycles. The minimum atomic E-state index is -5.11. The van der Waals surface area contributed by atoms with Crippen LogP contribution in [0.25, 0.3) is 0 Å². The van der Waals surface area contributed by atoms with Gasteiger partial charge in [-0.1, -0.05) is 41.5 Å². The maximum absolute atomic E-state index is 12.2. The number of carboxylic acids is 2. The Morgan fingerprint density at radius 3 is 1.38 bits per heavy atom. The lowest BCUT2D eigenvalue weighted by Gasteiger charge is -2.44. The molecule has 0 amide bonds. The van der Waals surface area contributed by atoms with Crippen LogP contribution in [0, 0.1) is 29.1 Å². The molecule has 0 radical (unpaired) electrons. The molecule has 0 aromatic carbocycles. The van der Waals surface area contributed by atoms with Crippen LogP contribution in [-0.4, -0.2) is 40.4 Å². The molecule has 3 unspecified atom stereocenters. The van der Waals surface area contributed by atoms with Crippen LogP contribution in [0.1, 0.15) is 54.4 Å². The second kappa shape index (κ2) is 8.29. The average molecular weight is 366 g/mol. The summed E-state index contributed by atoms with van der Waals surface area (Å²) in [6, 6.07) is 0. The number of hydrogen-bond donors (Lipinski definition) is 3. The number of carboxylic acid groups (broad SMARTS) is 2. The molecule has 0 rings (SSSR count). The summed E-state index contributed by atoms with van der Waals surface area (Å²) < 4.78 is 33.2. The van der Waals surface area contributed by atoms with Crippen molar-refractivity contribution in [3.63, 3.8) is 0 Å². The topological polar surface area (TPSA) is 129 Å². The van der Waals surface area contributed by atoms with E-state index in [1.165, 1.54) is 0 Å². The number of carbonyl (C=O) groups is 2. The average Bonchev–Trinajstić information content (AvgIpc) is 2.30. The highest BCUT2D eigenvalue weighted by atomic mass is 32.2. The molecule has 0 heterocycles. The summed E-state index contributed by atoms with van der Waals surface area (Å²) in [6.45, 7) is 10.5. The van der Waals surface area contributed by atoms with Crippen LogP contribution >= 0.6 is 0 Å². The Labute approximate surface area is 144 Å². The van der Waals surface area contributed by atoms with E-state index in [0.717, 1.165) is 0 Å². The SMILES string of the molecule is CC(C)CC(C)C(C(=O)O)(C(C)CC(C)C)C(C(=O)O)S(=O)(=O)O. The van der Waals surface area contributed by atoms with E-state index in [2.05, 4.69) is 0 Å². The molecule has 3 atom stereocenters. The minimum absolute atomic E-state index is 0.0424. The second-order valence-electron chi connectivity index (χ2n) is 7.53. The van der Waals surface area contributed by atoms with E-state index in [4.69, 9.17) is 0 Å². The van der Waals surface area contributed by atoms with Crippen LogP contribution in [0.4, 0.5) is 0 Å². The third-order valence-corrected chi connectivity index (χ3v) is 5.79. The molecule has 0 spiro atoms. The van der Waals surface area contributed by atoms with Gasteiger partial charge in [0.25, 0.3) is 10.1 Å². The molecule has 0 aliphatic rings. The van der Waals surface area contributed by atoms with Gasteiger partial charge in [0, 0.05) is 0 Å². The van der Waals surface area contributed by atoms with E-state index in [1.54, 1.807) is 13.8 Å².